The molecule has 1 amide bonds. The highest BCUT2D eigenvalue weighted by Crippen LogP contribution is 2.34. The molecule has 0 spiro atoms. The summed E-state index contributed by atoms with van der Waals surface area (Å²) in [5.74, 6) is 1.30. The van der Waals surface area contributed by atoms with Crippen molar-refractivity contribution in [1.29, 1.82) is 0 Å². The summed E-state index contributed by atoms with van der Waals surface area (Å²) in [5.41, 5.74) is 1.49. The van der Waals surface area contributed by atoms with Crippen molar-refractivity contribution in [2.45, 2.75) is 11.3 Å². The Labute approximate surface area is 185 Å². The Morgan fingerprint density at radius 1 is 1.03 bits per heavy atom. The molecule has 0 bridgehead atoms. The van der Waals surface area contributed by atoms with Crippen LogP contribution in [0.1, 0.15) is 10.4 Å². The quantitative estimate of drug-likeness (QED) is 0.750. The van der Waals surface area contributed by atoms with Crippen LogP contribution in [0.3, 0.4) is 0 Å². The molecule has 1 aromatic carbocycles. The fourth-order valence-corrected chi connectivity index (χ4v) is 7.77. The lowest BCUT2D eigenvalue weighted by atomic mass is 10.1. The van der Waals surface area contributed by atoms with Gasteiger partial charge in [-0.05, 0) is 36.4 Å². The van der Waals surface area contributed by atoms with Crippen molar-refractivity contribution < 1.29 is 13.2 Å². The smallest absolute Gasteiger partial charge is 0.253 e. The largest absolute Gasteiger partial charge is 0.353 e. The number of pyridine rings is 1. The molecule has 0 aliphatic carbocycles. The van der Waals surface area contributed by atoms with Gasteiger partial charge >= 0.3 is 0 Å². The van der Waals surface area contributed by atoms with Crippen LogP contribution in [0.5, 0.6) is 0 Å². The first-order valence-electron chi connectivity index (χ1n) is 10.2. The number of sulfone groups is 1. The van der Waals surface area contributed by atoms with E-state index in [-0.39, 0.29) is 28.7 Å². The van der Waals surface area contributed by atoms with Crippen molar-refractivity contribution in [2.75, 3.05) is 47.9 Å². The van der Waals surface area contributed by atoms with E-state index in [4.69, 9.17) is 0 Å². The lowest BCUT2D eigenvalue weighted by molar-refractivity contribution is 0.0746. The number of amides is 1. The lowest BCUT2D eigenvalue weighted by Gasteiger charge is -2.35. The Bertz CT molecular complexity index is 1100. The molecule has 2 atom stereocenters. The van der Waals surface area contributed by atoms with Crippen LogP contribution in [-0.2, 0) is 9.84 Å². The van der Waals surface area contributed by atoms with Gasteiger partial charge in [0.25, 0.3) is 5.91 Å². The second-order valence-corrected chi connectivity index (χ2v) is 11.3. The molecule has 2 fully saturated rings. The van der Waals surface area contributed by atoms with Gasteiger partial charge in [0.2, 0.25) is 0 Å². The van der Waals surface area contributed by atoms with E-state index in [0.717, 1.165) is 29.8 Å². The third-order valence-electron chi connectivity index (χ3n) is 5.74. The van der Waals surface area contributed by atoms with Crippen molar-refractivity contribution in [2.24, 2.45) is 4.99 Å². The third kappa shape index (κ3) is 4.40. The summed E-state index contributed by atoms with van der Waals surface area (Å²) in [6.07, 6.45) is 1.78. The molecular formula is C21H23N5O3S2. The summed E-state index contributed by atoms with van der Waals surface area (Å²) in [4.78, 5) is 25.8. The first-order valence-corrected chi connectivity index (χ1v) is 12.9. The molecule has 1 N–H and O–H groups in total. The normalized spacial score (nSPS) is 24.6. The molecule has 2 saturated heterocycles. The number of fused-ring (bicyclic) bond motifs is 1. The number of aromatic nitrogens is 1. The van der Waals surface area contributed by atoms with Crippen molar-refractivity contribution in [1.82, 2.24) is 9.88 Å². The number of nitrogens with one attached hydrogen (secondary N) is 1. The summed E-state index contributed by atoms with van der Waals surface area (Å²) in [6, 6.07) is 13.1. The summed E-state index contributed by atoms with van der Waals surface area (Å²) in [6.45, 7) is 2.85. The van der Waals surface area contributed by atoms with E-state index in [1.807, 2.05) is 47.4 Å². The Hall–Kier alpha value is -2.59. The van der Waals surface area contributed by atoms with E-state index >= 15 is 0 Å². The van der Waals surface area contributed by atoms with Crippen LogP contribution < -0.4 is 10.2 Å². The predicted octanol–water partition coefficient (Wildman–Crippen LogP) is 1.72. The number of amidine groups is 1. The summed E-state index contributed by atoms with van der Waals surface area (Å²) in [5, 5.41) is 4.00. The van der Waals surface area contributed by atoms with Gasteiger partial charge in [-0.25, -0.2) is 13.4 Å². The molecule has 4 heterocycles. The highest BCUT2D eigenvalue weighted by Gasteiger charge is 2.42. The minimum Gasteiger partial charge on any atom is -0.353 e. The number of carbonyl (C=O) groups excluding carboxylic acids is 1. The summed E-state index contributed by atoms with van der Waals surface area (Å²) < 4.78 is 23.4. The molecule has 2 aromatic rings. The predicted molar refractivity (Wildman–Crippen MR) is 124 cm³/mol. The number of hydrogen-bond donors (Lipinski definition) is 1. The SMILES string of the molecule is O=C(c1ccc(NC2=N[C@@H]3CS(=O)(=O)C[C@@H]3S2)cc1)N1CCN(c2ccccn2)CC1. The molecular weight excluding hydrogens is 434 g/mol. The lowest BCUT2D eigenvalue weighted by Crippen LogP contribution is -2.49. The second-order valence-electron chi connectivity index (χ2n) is 7.90. The van der Waals surface area contributed by atoms with Gasteiger partial charge in [0.15, 0.2) is 15.0 Å². The number of anilines is 2. The molecule has 3 aliphatic rings. The summed E-state index contributed by atoms with van der Waals surface area (Å²) >= 11 is 1.48. The third-order valence-corrected chi connectivity index (χ3v) is 8.88. The van der Waals surface area contributed by atoms with Crippen LogP contribution in [0.4, 0.5) is 11.5 Å². The molecule has 1 aromatic heterocycles. The molecule has 8 nitrogen and oxygen atoms in total. The summed E-state index contributed by atoms with van der Waals surface area (Å²) in [7, 11) is -2.95. The van der Waals surface area contributed by atoms with Crippen LogP contribution >= 0.6 is 11.8 Å². The maximum atomic E-state index is 12.9. The molecule has 162 valence electrons. The zero-order valence-corrected chi connectivity index (χ0v) is 18.5. The van der Waals surface area contributed by atoms with Crippen LogP contribution in [0.2, 0.25) is 0 Å². The van der Waals surface area contributed by atoms with E-state index in [2.05, 4.69) is 20.2 Å². The molecule has 31 heavy (non-hydrogen) atoms. The van der Waals surface area contributed by atoms with Gasteiger partial charge in [-0.15, -0.1) is 0 Å². The highest BCUT2D eigenvalue weighted by atomic mass is 32.2. The van der Waals surface area contributed by atoms with Gasteiger partial charge < -0.3 is 15.1 Å². The molecule has 0 unspecified atom stereocenters. The van der Waals surface area contributed by atoms with Crippen molar-refractivity contribution in [3.8, 4) is 0 Å². The number of aliphatic imine (C=N–C) groups is 1. The number of piperazine rings is 1. The maximum absolute atomic E-state index is 12.9. The molecule has 5 rings (SSSR count). The molecule has 3 aliphatic heterocycles. The minimum absolute atomic E-state index is 0.0121. The number of carbonyl (C=O) groups is 1. The van der Waals surface area contributed by atoms with E-state index in [1.165, 1.54) is 11.8 Å². The Morgan fingerprint density at radius 2 is 1.81 bits per heavy atom. The number of nitrogens with zero attached hydrogens (tertiary/aromatic N) is 4. The highest BCUT2D eigenvalue weighted by molar-refractivity contribution is 8.15. The monoisotopic (exact) mass is 457 g/mol. The number of hydrogen-bond acceptors (Lipinski definition) is 8. The zero-order chi connectivity index (χ0) is 21.4. The topological polar surface area (TPSA) is 95.0 Å². The van der Waals surface area contributed by atoms with Crippen LogP contribution in [-0.4, -0.2) is 78.4 Å². The molecule has 10 heteroatoms. The van der Waals surface area contributed by atoms with Crippen LogP contribution in [0.15, 0.2) is 53.7 Å². The fraction of sp³-hybridized carbons (Fsp3) is 0.381. The van der Waals surface area contributed by atoms with Crippen LogP contribution in [0, 0.1) is 0 Å². The Balaban J connectivity index is 1.17. The average molecular weight is 458 g/mol. The average Bonchev–Trinajstić information content (AvgIpc) is 3.27. The Kier molecular flexibility index (Phi) is 5.35. The Morgan fingerprint density at radius 3 is 2.48 bits per heavy atom. The van der Waals surface area contributed by atoms with E-state index in [9.17, 15) is 13.2 Å². The van der Waals surface area contributed by atoms with E-state index in [1.54, 1.807) is 6.20 Å². The van der Waals surface area contributed by atoms with Gasteiger partial charge in [-0.2, -0.15) is 0 Å². The molecule has 0 saturated carbocycles. The molecule has 0 radical (unpaired) electrons. The van der Waals surface area contributed by atoms with Gasteiger partial charge in [0.1, 0.15) is 5.82 Å². The standard InChI is InChI=1S/C21H23N5O3S2/c27-20(26-11-9-25(10-12-26)19-3-1-2-8-22-19)15-4-6-16(7-5-15)23-21-24-17-13-31(28,29)14-18(17)30-21/h1-8,17-18H,9-14H2,(H,23,24)/t17-,18+/m1/s1. The first-order chi connectivity index (χ1) is 15.0. The maximum Gasteiger partial charge on any atom is 0.253 e. The number of rotatable bonds is 3. The minimum atomic E-state index is -2.95. The van der Waals surface area contributed by atoms with Gasteiger partial charge in [0.05, 0.1) is 17.5 Å². The van der Waals surface area contributed by atoms with Crippen molar-refractivity contribution in [3.05, 3.63) is 54.2 Å². The van der Waals surface area contributed by atoms with Crippen molar-refractivity contribution in [3.63, 3.8) is 0 Å². The fourth-order valence-electron chi connectivity index (χ4n) is 4.10. The van der Waals surface area contributed by atoms with Gasteiger partial charge in [-0.1, -0.05) is 17.8 Å². The van der Waals surface area contributed by atoms with Gasteiger partial charge in [0, 0.05) is 48.9 Å². The van der Waals surface area contributed by atoms with Gasteiger partial charge in [-0.3, -0.25) is 9.79 Å². The van der Waals surface area contributed by atoms with Crippen LogP contribution in [0.25, 0.3) is 0 Å². The van der Waals surface area contributed by atoms with Crippen molar-refractivity contribution >= 4 is 44.2 Å². The second kappa shape index (κ2) is 8.16. The first kappa shape index (κ1) is 20.3. The van der Waals surface area contributed by atoms with E-state index < -0.39 is 9.84 Å². The number of benzene rings is 1. The number of thioether (sulfide) groups is 1. The zero-order valence-electron chi connectivity index (χ0n) is 16.8. The van der Waals surface area contributed by atoms with E-state index in [0.29, 0.717) is 18.7 Å².